The third-order valence-electron chi connectivity index (χ3n) is 5.55. The fraction of sp³-hybridized carbons (Fsp3) is 0.381. The Morgan fingerprint density at radius 2 is 1.59 bits per heavy atom. The molecule has 2 atom stereocenters. The van der Waals surface area contributed by atoms with Gasteiger partial charge < -0.3 is 4.90 Å². The summed E-state index contributed by atoms with van der Waals surface area (Å²) in [6, 6.07) is 17.3. The van der Waals surface area contributed by atoms with Crippen molar-refractivity contribution in [3.63, 3.8) is 0 Å². The van der Waals surface area contributed by atoms with Crippen LogP contribution >= 0.6 is 0 Å². The molecule has 2 aliphatic rings. The molecule has 2 aliphatic heterocycles. The first kappa shape index (κ1) is 18.2. The molecular formula is C21H24N2O3S. The average molecular weight is 385 g/mol. The largest absolute Gasteiger partial charge is 0.306 e. The molecule has 2 fully saturated rings. The molecule has 27 heavy (non-hydrogen) atoms. The standard InChI is InChI=1S/C21H24N2O3S/c1-2-16-8-10-18(11-9-16)23-20-15-27(25,26)14-19(20)22(13-21(23)24)12-17-6-4-3-5-7-17/h3-11,19-20H,2,12-15H2,1H3. The number of rotatable bonds is 4. The van der Waals surface area contributed by atoms with E-state index in [1.54, 1.807) is 4.90 Å². The van der Waals surface area contributed by atoms with E-state index >= 15 is 0 Å². The van der Waals surface area contributed by atoms with Crippen LogP contribution in [-0.2, 0) is 27.6 Å². The summed E-state index contributed by atoms with van der Waals surface area (Å²) in [5, 5.41) is 0. The zero-order valence-electron chi connectivity index (χ0n) is 15.4. The SMILES string of the molecule is CCc1ccc(N2C(=O)CN(Cc3ccccc3)C3CS(=O)(=O)CC32)cc1. The molecule has 5 nitrogen and oxygen atoms in total. The van der Waals surface area contributed by atoms with Crippen molar-refractivity contribution in [2.45, 2.75) is 32.0 Å². The molecule has 0 radical (unpaired) electrons. The Morgan fingerprint density at radius 1 is 0.926 bits per heavy atom. The van der Waals surface area contributed by atoms with Gasteiger partial charge in [-0.15, -0.1) is 0 Å². The Kier molecular flexibility index (Phi) is 4.78. The molecule has 2 aromatic carbocycles. The zero-order chi connectivity index (χ0) is 19.0. The minimum absolute atomic E-state index is 0.0320. The lowest BCUT2D eigenvalue weighted by atomic mass is 10.0. The topological polar surface area (TPSA) is 57.7 Å². The summed E-state index contributed by atoms with van der Waals surface area (Å²) in [5.74, 6) is 0.111. The molecule has 142 valence electrons. The minimum atomic E-state index is -3.17. The minimum Gasteiger partial charge on any atom is -0.306 e. The van der Waals surface area contributed by atoms with E-state index in [0.717, 1.165) is 17.7 Å². The summed E-state index contributed by atoms with van der Waals surface area (Å²) >= 11 is 0. The zero-order valence-corrected chi connectivity index (χ0v) is 16.2. The number of amides is 1. The molecule has 0 saturated carbocycles. The summed E-state index contributed by atoms with van der Waals surface area (Å²) in [4.78, 5) is 16.7. The van der Waals surface area contributed by atoms with Crippen LogP contribution in [0.15, 0.2) is 54.6 Å². The van der Waals surface area contributed by atoms with E-state index in [-0.39, 0.29) is 36.0 Å². The highest BCUT2D eigenvalue weighted by atomic mass is 32.2. The maximum atomic E-state index is 13.0. The van der Waals surface area contributed by atoms with Crippen LogP contribution < -0.4 is 4.90 Å². The maximum absolute atomic E-state index is 13.0. The van der Waals surface area contributed by atoms with Gasteiger partial charge in [0.25, 0.3) is 0 Å². The van der Waals surface area contributed by atoms with Crippen LogP contribution in [0, 0.1) is 0 Å². The predicted molar refractivity (Wildman–Crippen MR) is 106 cm³/mol. The van der Waals surface area contributed by atoms with E-state index in [9.17, 15) is 13.2 Å². The van der Waals surface area contributed by atoms with Gasteiger partial charge in [0.05, 0.1) is 24.1 Å². The van der Waals surface area contributed by atoms with Crippen molar-refractivity contribution < 1.29 is 13.2 Å². The molecule has 0 bridgehead atoms. The molecular weight excluding hydrogens is 360 g/mol. The summed E-state index contributed by atoms with van der Waals surface area (Å²) in [5.41, 5.74) is 3.09. The molecule has 2 unspecified atom stereocenters. The van der Waals surface area contributed by atoms with Crippen LogP contribution in [0.5, 0.6) is 0 Å². The summed E-state index contributed by atoms with van der Waals surface area (Å²) in [7, 11) is -3.17. The number of nitrogens with zero attached hydrogens (tertiary/aromatic N) is 2. The molecule has 0 aromatic heterocycles. The average Bonchev–Trinajstić information content (AvgIpc) is 2.98. The second kappa shape index (κ2) is 7.09. The third-order valence-corrected chi connectivity index (χ3v) is 7.25. The first-order valence-electron chi connectivity index (χ1n) is 9.36. The molecule has 2 saturated heterocycles. The number of anilines is 1. The van der Waals surface area contributed by atoms with Gasteiger partial charge in [-0.2, -0.15) is 0 Å². The molecule has 0 spiro atoms. The van der Waals surface area contributed by atoms with Crippen molar-refractivity contribution in [2.75, 3.05) is 23.0 Å². The normalized spacial score (nSPS) is 24.8. The highest BCUT2D eigenvalue weighted by Gasteiger charge is 2.49. The van der Waals surface area contributed by atoms with Crippen LogP contribution in [-0.4, -0.2) is 49.4 Å². The second-order valence-corrected chi connectivity index (χ2v) is 9.54. The Balaban J connectivity index is 1.65. The van der Waals surface area contributed by atoms with Gasteiger partial charge in [-0.25, -0.2) is 8.42 Å². The highest BCUT2D eigenvalue weighted by molar-refractivity contribution is 7.91. The van der Waals surface area contributed by atoms with Crippen LogP contribution in [0.3, 0.4) is 0 Å². The van der Waals surface area contributed by atoms with Gasteiger partial charge in [-0.1, -0.05) is 49.4 Å². The monoisotopic (exact) mass is 384 g/mol. The van der Waals surface area contributed by atoms with Gasteiger partial charge in [-0.3, -0.25) is 9.69 Å². The predicted octanol–water partition coefficient (Wildman–Crippen LogP) is 2.26. The number of carbonyl (C=O) groups excluding carboxylic acids is 1. The van der Waals surface area contributed by atoms with Gasteiger partial charge >= 0.3 is 0 Å². The van der Waals surface area contributed by atoms with E-state index in [4.69, 9.17) is 0 Å². The summed E-state index contributed by atoms with van der Waals surface area (Å²) < 4.78 is 24.8. The van der Waals surface area contributed by atoms with Gasteiger partial charge in [0.1, 0.15) is 0 Å². The van der Waals surface area contributed by atoms with Crippen molar-refractivity contribution in [2.24, 2.45) is 0 Å². The van der Waals surface area contributed by atoms with Crippen LogP contribution in [0.25, 0.3) is 0 Å². The molecule has 1 amide bonds. The summed E-state index contributed by atoms with van der Waals surface area (Å²) in [6.45, 7) is 2.91. The number of sulfone groups is 1. The fourth-order valence-electron chi connectivity index (χ4n) is 4.18. The van der Waals surface area contributed by atoms with Crippen LogP contribution in [0.1, 0.15) is 18.1 Å². The number of piperazine rings is 1. The quantitative estimate of drug-likeness (QED) is 0.811. The van der Waals surface area contributed by atoms with E-state index in [2.05, 4.69) is 6.92 Å². The molecule has 2 aromatic rings. The Morgan fingerprint density at radius 3 is 2.26 bits per heavy atom. The number of aryl methyl sites for hydroxylation is 1. The molecule has 4 rings (SSSR count). The second-order valence-electron chi connectivity index (χ2n) is 7.39. The molecule has 6 heteroatoms. The van der Waals surface area contributed by atoms with Gasteiger partial charge in [0, 0.05) is 18.3 Å². The Labute approximate surface area is 160 Å². The first-order valence-corrected chi connectivity index (χ1v) is 11.2. The molecule has 0 N–H and O–H groups in total. The van der Waals surface area contributed by atoms with Crippen molar-refractivity contribution in [1.82, 2.24) is 4.90 Å². The number of benzene rings is 2. The smallest absolute Gasteiger partial charge is 0.241 e. The van der Waals surface area contributed by atoms with Crippen molar-refractivity contribution in [3.05, 3.63) is 65.7 Å². The van der Waals surface area contributed by atoms with E-state index in [0.29, 0.717) is 6.54 Å². The Hall–Kier alpha value is -2.18. The van der Waals surface area contributed by atoms with Gasteiger partial charge in [0.2, 0.25) is 5.91 Å². The van der Waals surface area contributed by atoms with E-state index < -0.39 is 9.84 Å². The lowest BCUT2D eigenvalue weighted by molar-refractivity contribution is -0.123. The van der Waals surface area contributed by atoms with Gasteiger partial charge in [-0.05, 0) is 29.7 Å². The van der Waals surface area contributed by atoms with Crippen molar-refractivity contribution in [1.29, 1.82) is 0 Å². The Bertz CT molecular complexity index is 926. The fourth-order valence-corrected chi connectivity index (χ4v) is 6.16. The lowest BCUT2D eigenvalue weighted by Crippen LogP contribution is -2.61. The van der Waals surface area contributed by atoms with Crippen molar-refractivity contribution >= 4 is 21.4 Å². The summed E-state index contributed by atoms with van der Waals surface area (Å²) in [6.07, 6.45) is 0.930. The highest BCUT2D eigenvalue weighted by Crippen LogP contribution is 2.32. The number of carbonyl (C=O) groups is 1. The maximum Gasteiger partial charge on any atom is 0.241 e. The number of fused-ring (bicyclic) bond motifs is 1. The molecule has 0 aliphatic carbocycles. The van der Waals surface area contributed by atoms with Crippen LogP contribution in [0.4, 0.5) is 5.69 Å². The molecule has 2 heterocycles. The number of hydrogen-bond donors (Lipinski definition) is 0. The van der Waals surface area contributed by atoms with Gasteiger partial charge in [0.15, 0.2) is 9.84 Å². The lowest BCUT2D eigenvalue weighted by Gasteiger charge is -2.43. The van der Waals surface area contributed by atoms with Crippen molar-refractivity contribution in [3.8, 4) is 0 Å². The third kappa shape index (κ3) is 3.64. The first-order chi connectivity index (χ1) is 13.0. The van der Waals surface area contributed by atoms with Crippen LogP contribution in [0.2, 0.25) is 0 Å². The number of hydrogen-bond acceptors (Lipinski definition) is 4. The van der Waals surface area contributed by atoms with E-state index in [1.807, 2.05) is 59.5 Å². The van der Waals surface area contributed by atoms with E-state index in [1.165, 1.54) is 5.56 Å².